The average molecular weight is 430 g/mol. The number of alkyl halides is 3. The van der Waals surface area contributed by atoms with Gasteiger partial charge in [0.25, 0.3) is 0 Å². The van der Waals surface area contributed by atoms with E-state index in [0.29, 0.717) is 29.9 Å². The van der Waals surface area contributed by atoms with Crippen molar-refractivity contribution in [3.63, 3.8) is 0 Å². The number of likely N-dealkylation sites (N-methyl/N-ethyl adjacent to an activating group) is 1. The van der Waals surface area contributed by atoms with E-state index in [9.17, 15) is 18.0 Å². The minimum Gasteiger partial charge on any atom is -0.364 e. The van der Waals surface area contributed by atoms with Gasteiger partial charge in [0.2, 0.25) is 0 Å². The number of carbonyl (C=O) groups excluding carboxylic acids is 1. The second kappa shape index (κ2) is 9.96. The number of fused-ring (bicyclic) bond motifs is 1. The number of rotatable bonds is 7. The van der Waals surface area contributed by atoms with Gasteiger partial charge in [-0.15, -0.1) is 5.48 Å². The summed E-state index contributed by atoms with van der Waals surface area (Å²) in [7, 11) is 1.66. The summed E-state index contributed by atoms with van der Waals surface area (Å²) in [5, 5.41) is 10.5. The first kappa shape index (κ1) is 23.7. The van der Waals surface area contributed by atoms with Crippen molar-refractivity contribution in [3.05, 3.63) is 29.7 Å². The molecule has 0 spiro atoms. The Balaban J connectivity index is 0.000000386. The number of hydrogen-bond donors (Lipinski definition) is 2. The summed E-state index contributed by atoms with van der Waals surface area (Å²) < 4.78 is 45.3. The van der Waals surface area contributed by atoms with Crippen LogP contribution >= 0.6 is 0 Å². The van der Waals surface area contributed by atoms with Crippen LogP contribution in [0.1, 0.15) is 38.1 Å². The number of hydrogen-bond acceptors (Lipinski definition) is 8. The summed E-state index contributed by atoms with van der Waals surface area (Å²) in [5.74, 6) is 0. The molecule has 0 aliphatic carbocycles. The molecule has 1 unspecified atom stereocenters. The number of halogens is 3. The molecule has 30 heavy (non-hydrogen) atoms. The zero-order valence-electron chi connectivity index (χ0n) is 17.2. The van der Waals surface area contributed by atoms with E-state index >= 15 is 0 Å². The van der Waals surface area contributed by atoms with Crippen LogP contribution in [0.15, 0.2) is 23.6 Å². The predicted octanol–water partition coefficient (Wildman–Crippen LogP) is 1.99. The summed E-state index contributed by atoms with van der Waals surface area (Å²) in [6.07, 6.45) is 0.502. The quantitative estimate of drug-likeness (QED) is 0.648. The van der Waals surface area contributed by atoms with Crippen LogP contribution in [0.4, 0.5) is 13.2 Å². The number of oxime groups is 1. The first-order valence-electron chi connectivity index (χ1n) is 9.24. The summed E-state index contributed by atoms with van der Waals surface area (Å²) in [4.78, 5) is 18.4. The third-order valence-electron chi connectivity index (χ3n) is 4.42. The molecule has 3 rings (SSSR count). The Bertz CT molecular complexity index is 882. The number of ether oxygens (including phenoxy) is 1. The van der Waals surface area contributed by atoms with Crippen LogP contribution < -0.4 is 10.8 Å². The zero-order valence-corrected chi connectivity index (χ0v) is 17.2. The lowest BCUT2D eigenvalue weighted by Gasteiger charge is -2.29. The van der Waals surface area contributed by atoms with Crippen LogP contribution in [-0.2, 0) is 20.9 Å². The van der Waals surface area contributed by atoms with Crippen LogP contribution in [0.25, 0.3) is 5.65 Å². The SMILES string of the molecule is CCc1cnn2cc(C(COC(C)(C)C(F)(F)F)NC)nc2c1.O=CC1=NONC1. The molecular weight excluding hydrogens is 405 g/mol. The first-order chi connectivity index (χ1) is 14.1. The third-order valence-corrected chi connectivity index (χ3v) is 4.42. The average Bonchev–Trinajstić information content (AvgIpc) is 3.37. The van der Waals surface area contributed by atoms with Gasteiger partial charge < -0.3 is 10.1 Å². The van der Waals surface area contributed by atoms with E-state index in [2.05, 4.69) is 31.0 Å². The lowest BCUT2D eigenvalue weighted by atomic mass is 10.1. The Kier molecular flexibility index (Phi) is 7.87. The third kappa shape index (κ3) is 5.97. The number of hydroxylamine groups is 1. The van der Waals surface area contributed by atoms with E-state index in [0.717, 1.165) is 25.8 Å². The molecular formula is C18H25F3N6O3. The summed E-state index contributed by atoms with van der Waals surface area (Å²) in [5.41, 5.74) is 2.87. The monoisotopic (exact) mass is 430 g/mol. The fourth-order valence-corrected chi connectivity index (χ4v) is 2.28. The van der Waals surface area contributed by atoms with Crippen LogP contribution in [0.2, 0.25) is 0 Å². The second-order valence-corrected chi connectivity index (χ2v) is 6.96. The van der Waals surface area contributed by atoms with E-state index in [1.807, 2.05) is 13.0 Å². The van der Waals surface area contributed by atoms with Crippen LogP contribution in [0, 0.1) is 0 Å². The second-order valence-electron chi connectivity index (χ2n) is 6.96. The van der Waals surface area contributed by atoms with Gasteiger partial charge in [0.1, 0.15) is 5.71 Å². The van der Waals surface area contributed by atoms with E-state index in [1.165, 1.54) is 0 Å². The molecule has 0 bridgehead atoms. The fraction of sp³-hybridized carbons (Fsp3) is 0.556. The Morgan fingerprint density at radius 1 is 1.43 bits per heavy atom. The van der Waals surface area contributed by atoms with Gasteiger partial charge in [-0.1, -0.05) is 12.1 Å². The van der Waals surface area contributed by atoms with Crippen molar-refractivity contribution in [1.82, 2.24) is 25.4 Å². The van der Waals surface area contributed by atoms with Gasteiger partial charge in [0.15, 0.2) is 17.5 Å². The van der Waals surface area contributed by atoms with Crippen LogP contribution in [0.3, 0.4) is 0 Å². The van der Waals surface area contributed by atoms with Crippen molar-refractivity contribution in [1.29, 1.82) is 0 Å². The van der Waals surface area contributed by atoms with Crippen molar-refractivity contribution in [3.8, 4) is 0 Å². The Hall–Kier alpha value is -2.57. The molecule has 0 saturated heterocycles. The molecule has 1 aliphatic heterocycles. The van der Waals surface area contributed by atoms with Crippen LogP contribution in [-0.4, -0.2) is 58.6 Å². The molecule has 166 valence electrons. The number of carbonyl (C=O) groups is 1. The summed E-state index contributed by atoms with van der Waals surface area (Å²) in [6.45, 7) is 4.31. The number of aldehydes is 1. The van der Waals surface area contributed by atoms with Gasteiger partial charge in [0, 0.05) is 0 Å². The largest absolute Gasteiger partial charge is 0.416 e. The number of imidazole rings is 1. The van der Waals surface area contributed by atoms with Gasteiger partial charge in [-0.3, -0.25) is 9.73 Å². The lowest BCUT2D eigenvalue weighted by molar-refractivity contribution is -0.265. The first-order valence-corrected chi connectivity index (χ1v) is 9.24. The number of nitrogens with one attached hydrogen (secondary N) is 2. The smallest absolute Gasteiger partial charge is 0.364 e. The minimum atomic E-state index is -4.43. The van der Waals surface area contributed by atoms with Crippen molar-refractivity contribution < 1.29 is 27.6 Å². The van der Waals surface area contributed by atoms with Gasteiger partial charge >= 0.3 is 6.18 Å². The zero-order chi connectivity index (χ0) is 22.4. The number of nitrogens with zero attached hydrogens (tertiary/aromatic N) is 4. The molecule has 2 aromatic heterocycles. The summed E-state index contributed by atoms with van der Waals surface area (Å²) in [6, 6.07) is 1.45. The maximum Gasteiger partial charge on any atom is 0.416 e. The molecule has 2 aromatic rings. The molecule has 3 heterocycles. The van der Waals surface area contributed by atoms with Gasteiger partial charge in [-0.25, -0.2) is 9.50 Å². The fourth-order valence-electron chi connectivity index (χ4n) is 2.28. The molecule has 0 saturated carbocycles. The van der Waals surface area contributed by atoms with Crippen molar-refractivity contribution in [2.75, 3.05) is 20.2 Å². The van der Waals surface area contributed by atoms with Gasteiger partial charge in [-0.2, -0.15) is 18.3 Å². The summed E-state index contributed by atoms with van der Waals surface area (Å²) >= 11 is 0. The van der Waals surface area contributed by atoms with Crippen LogP contribution in [0.5, 0.6) is 0 Å². The minimum absolute atomic E-state index is 0.145. The number of aromatic nitrogens is 3. The molecule has 2 N–H and O–H groups in total. The van der Waals surface area contributed by atoms with E-state index < -0.39 is 17.8 Å². The Morgan fingerprint density at radius 2 is 2.17 bits per heavy atom. The topological polar surface area (TPSA) is 102 Å². The molecule has 0 amide bonds. The maximum absolute atomic E-state index is 12.9. The molecule has 1 aliphatic rings. The molecule has 9 nitrogen and oxygen atoms in total. The van der Waals surface area contributed by atoms with Gasteiger partial charge in [-0.05, 0) is 38.9 Å². The Morgan fingerprint density at radius 3 is 2.67 bits per heavy atom. The molecule has 12 heteroatoms. The highest BCUT2D eigenvalue weighted by Crippen LogP contribution is 2.33. The molecule has 0 fully saturated rings. The van der Waals surface area contributed by atoms with Crippen molar-refractivity contribution in [2.45, 2.75) is 45.0 Å². The van der Waals surface area contributed by atoms with Gasteiger partial charge in [0.05, 0.1) is 37.3 Å². The highest BCUT2D eigenvalue weighted by molar-refractivity contribution is 6.29. The highest BCUT2D eigenvalue weighted by atomic mass is 19.4. The normalized spacial score (nSPS) is 15.2. The van der Waals surface area contributed by atoms with Crippen molar-refractivity contribution >= 4 is 17.6 Å². The highest BCUT2D eigenvalue weighted by Gasteiger charge is 2.48. The van der Waals surface area contributed by atoms with E-state index in [1.54, 1.807) is 24.0 Å². The maximum atomic E-state index is 12.9. The van der Waals surface area contributed by atoms with E-state index in [4.69, 9.17) is 4.74 Å². The molecule has 0 aromatic carbocycles. The van der Waals surface area contributed by atoms with Crippen molar-refractivity contribution in [2.24, 2.45) is 5.16 Å². The lowest BCUT2D eigenvalue weighted by Crippen LogP contribution is -2.43. The number of aryl methyl sites for hydroxylation is 1. The molecule has 0 radical (unpaired) electrons. The van der Waals surface area contributed by atoms with E-state index in [-0.39, 0.29) is 6.61 Å². The standard InChI is InChI=1S/C15H21F3N4O.C3H4N2O2/c1-5-10-6-13-21-11(8-22(13)20-7-10)12(19-4)9-23-14(2,3)15(16,17)18;6-2-3-1-4-7-5-3/h6-8,12,19H,5,9H2,1-4H3;2,4H,1H2. The predicted molar refractivity (Wildman–Crippen MR) is 103 cm³/mol. The molecule has 1 atom stereocenters. The Labute approximate surface area is 171 Å².